The molecule has 0 spiro atoms. The summed E-state index contributed by atoms with van der Waals surface area (Å²) in [5.74, 6) is 1.62. The number of allylic oxidation sites excluding steroid dienone is 1. The third-order valence-electron chi connectivity index (χ3n) is 5.47. The Balaban J connectivity index is 1.83. The molecule has 1 aromatic carbocycles. The number of hydrogen-bond acceptors (Lipinski definition) is 4. The number of nitrogens with one attached hydrogen (secondary N) is 1. The molecule has 2 aliphatic rings. The van der Waals surface area contributed by atoms with Crippen LogP contribution in [0.25, 0.3) is 0 Å². The van der Waals surface area contributed by atoms with Crippen LogP contribution < -0.4 is 14.8 Å². The summed E-state index contributed by atoms with van der Waals surface area (Å²) in [4.78, 5) is 14.6. The molecule has 1 unspecified atom stereocenters. The molecule has 1 atom stereocenters. The summed E-state index contributed by atoms with van der Waals surface area (Å²) < 4.78 is 11.5. The molecule has 0 saturated carbocycles. The van der Waals surface area contributed by atoms with Gasteiger partial charge < -0.3 is 19.7 Å². The Hall–Kier alpha value is -2.08. The van der Waals surface area contributed by atoms with Gasteiger partial charge in [0, 0.05) is 24.7 Å². The van der Waals surface area contributed by atoms with E-state index in [1.54, 1.807) is 7.11 Å². The number of ether oxygens (including phenoxy) is 2. The van der Waals surface area contributed by atoms with Crippen molar-refractivity contribution in [1.82, 2.24) is 10.2 Å². The maximum absolute atomic E-state index is 12.7. The molecule has 3 rings (SSSR count). The molecule has 1 aliphatic heterocycles. The third-order valence-corrected chi connectivity index (χ3v) is 5.86. The number of hydrogen-bond donors (Lipinski definition) is 1. The summed E-state index contributed by atoms with van der Waals surface area (Å²) in [5.41, 5.74) is 2.84. The highest BCUT2D eigenvalue weighted by atomic mass is 32.1. The van der Waals surface area contributed by atoms with E-state index in [0.717, 1.165) is 41.8 Å². The van der Waals surface area contributed by atoms with Gasteiger partial charge in [0.25, 0.3) is 0 Å². The predicted octanol–water partition coefficient (Wildman–Crippen LogP) is 4.52. The predicted molar refractivity (Wildman–Crippen MR) is 115 cm³/mol. The van der Waals surface area contributed by atoms with E-state index in [0.29, 0.717) is 23.9 Å². The molecule has 0 saturated heterocycles. The van der Waals surface area contributed by atoms with Crippen LogP contribution in [0.3, 0.4) is 0 Å². The van der Waals surface area contributed by atoms with E-state index < -0.39 is 0 Å². The van der Waals surface area contributed by atoms with Crippen molar-refractivity contribution in [3.63, 3.8) is 0 Å². The molecule has 0 fully saturated rings. The lowest BCUT2D eigenvalue weighted by atomic mass is 9.85. The first-order chi connectivity index (χ1) is 13.6. The molecule has 1 aliphatic carbocycles. The zero-order chi connectivity index (χ0) is 20.1. The van der Waals surface area contributed by atoms with Gasteiger partial charge in [0.05, 0.1) is 19.8 Å². The number of methoxy groups -OCH3 is 1. The second-order valence-electron chi connectivity index (χ2n) is 7.40. The summed E-state index contributed by atoms with van der Waals surface area (Å²) in [6.07, 6.45) is 7.00. The fourth-order valence-corrected chi connectivity index (χ4v) is 4.11. The number of Topliss-reactive ketones (excluding diaryl/α,β-unsaturated/α-hetero) is 1. The molecule has 0 aromatic heterocycles. The van der Waals surface area contributed by atoms with Gasteiger partial charge in [-0.15, -0.1) is 0 Å². The van der Waals surface area contributed by atoms with E-state index in [-0.39, 0.29) is 11.8 Å². The molecule has 1 N–H and O–H groups in total. The highest BCUT2D eigenvalue weighted by Crippen LogP contribution is 2.39. The summed E-state index contributed by atoms with van der Waals surface area (Å²) in [6, 6.07) is 5.66. The molecule has 152 valence electrons. The van der Waals surface area contributed by atoms with Crippen LogP contribution in [0.2, 0.25) is 0 Å². The van der Waals surface area contributed by atoms with Crippen molar-refractivity contribution in [3.8, 4) is 11.5 Å². The van der Waals surface area contributed by atoms with Gasteiger partial charge in [0.2, 0.25) is 0 Å². The Kier molecular flexibility index (Phi) is 6.94. The molecule has 0 amide bonds. The molecule has 28 heavy (non-hydrogen) atoms. The smallest absolute Gasteiger partial charge is 0.173 e. The van der Waals surface area contributed by atoms with Gasteiger partial charge in [-0.1, -0.05) is 32.3 Å². The SMILES string of the molecule is CCCCCCOc1ccc(C2NC(=S)N(C)C3=C2C(=O)CCC3)cc1OC. The van der Waals surface area contributed by atoms with Crippen molar-refractivity contribution in [2.45, 2.75) is 57.9 Å². The van der Waals surface area contributed by atoms with Gasteiger partial charge in [0.15, 0.2) is 22.4 Å². The number of nitrogens with zero attached hydrogens (tertiary/aromatic N) is 1. The van der Waals surface area contributed by atoms with Gasteiger partial charge in [0.1, 0.15) is 0 Å². The van der Waals surface area contributed by atoms with Gasteiger partial charge >= 0.3 is 0 Å². The standard InChI is InChI=1S/C22H30N2O3S/c1-4-5-6-7-13-27-18-12-11-15(14-19(18)26-3)21-20-16(9-8-10-17(20)25)24(2)22(28)23-21/h11-12,14,21H,4-10,13H2,1-3H3,(H,23,28). The lowest BCUT2D eigenvalue weighted by Crippen LogP contribution is -2.47. The Morgan fingerprint density at radius 3 is 2.79 bits per heavy atom. The maximum atomic E-state index is 12.7. The van der Waals surface area contributed by atoms with Crippen LogP contribution in [0, 0.1) is 0 Å². The van der Waals surface area contributed by atoms with Crippen LogP contribution in [-0.4, -0.2) is 36.6 Å². The second kappa shape index (κ2) is 9.41. The average molecular weight is 403 g/mol. The molecule has 0 bridgehead atoms. The fourth-order valence-electron chi connectivity index (χ4n) is 3.88. The van der Waals surface area contributed by atoms with Gasteiger partial charge in [-0.2, -0.15) is 0 Å². The summed E-state index contributed by atoms with van der Waals surface area (Å²) >= 11 is 5.50. The zero-order valence-corrected chi connectivity index (χ0v) is 17.9. The van der Waals surface area contributed by atoms with E-state index in [9.17, 15) is 4.79 Å². The molecule has 0 radical (unpaired) electrons. The van der Waals surface area contributed by atoms with E-state index >= 15 is 0 Å². The highest BCUT2D eigenvalue weighted by Gasteiger charge is 2.36. The second-order valence-corrected chi connectivity index (χ2v) is 7.78. The molecule has 1 aromatic rings. The van der Waals surface area contributed by atoms with Gasteiger partial charge in [-0.25, -0.2) is 0 Å². The van der Waals surface area contributed by atoms with E-state index in [1.807, 2.05) is 30.1 Å². The lowest BCUT2D eigenvalue weighted by molar-refractivity contribution is -0.116. The number of carbonyl (C=O) groups excluding carboxylic acids is 1. The molecular weight excluding hydrogens is 372 g/mol. The monoisotopic (exact) mass is 402 g/mol. The number of rotatable bonds is 8. The number of thiocarbonyl (C=S) groups is 1. The van der Waals surface area contributed by atoms with Crippen molar-refractivity contribution in [1.29, 1.82) is 0 Å². The number of ketones is 1. The van der Waals surface area contributed by atoms with Crippen LogP contribution in [0.1, 0.15) is 63.5 Å². The van der Waals surface area contributed by atoms with Crippen LogP contribution in [0.5, 0.6) is 11.5 Å². The lowest BCUT2D eigenvalue weighted by Gasteiger charge is -2.39. The topological polar surface area (TPSA) is 50.8 Å². The zero-order valence-electron chi connectivity index (χ0n) is 17.0. The Morgan fingerprint density at radius 1 is 1.21 bits per heavy atom. The largest absolute Gasteiger partial charge is 0.493 e. The fraction of sp³-hybridized carbons (Fsp3) is 0.545. The minimum absolute atomic E-state index is 0.198. The Bertz CT molecular complexity index is 775. The van der Waals surface area contributed by atoms with Crippen LogP contribution >= 0.6 is 12.2 Å². The summed E-state index contributed by atoms with van der Waals surface area (Å²) in [5, 5.41) is 3.98. The first-order valence-corrected chi connectivity index (χ1v) is 10.6. The van der Waals surface area contributed by atoms with Crippen LogP contribution in [0.15, 0.2) is 29.5 Å². The summed E-state index contributed by atoms with van der Waals surface area (Å²) in [6.45, 7) is 2.88. The Morgan fingerprint density at radius 2 is 2.04 bits per heavy atom. The van der Waals surface area contributed by atoms with Crippen molar-refractivity contribution < 1.29 is 14.3 Å². The average Bonchev–Trinajstić information content (AvgIpc) is 2.71. The van der Waals surface area contributed by atoms with Crippen molar-refractivity contribution >= 4 is 23.1 Å². The summed E-state index contributed by atoms with van der Waals surface area (Å²) in [7, 11) is 3.57. The first kappa shape index (κ1) is 20.6. The van der Waals surface area contributed by atoms with Crippen molar-refractivity contribution in [2.24, 2.45) is 0 Å². The van der Waals surface area contributed by atoms with Crippen LogP contribution in [0.4, 0.5) is 0 Å². The number of unbranched alkanes of at least 4 members (excludes halogenated alkanes) is 3. The molecular formula is C22H30N2O3S. The van der Waals surface area contributed by atoms with E-state index in [4.69, 9.17) is 21.7 Å². The normalized spacial score (nSPS) is 19.4. The minimum atomic E-state index is -0.237. The van der Waals surface area contributed by atoms with Crippen LogP contribution in [-0.2, 0) is 4.79 Å². The Labute approximate surface area is 173 Å². The van der Waals surface area contributed by atoms with Gasteiger partial charge in [-0.3, -0.25) is 4.79 Å². The highest BCUT2D eigenvalue weighted by molar-refractivity contribution is 7.80. The number of carbonyl (C=O) groups is 1. The number of benzene rings is 1. The molecule has 1 heterocycles. The quantitative estimate of drug-likeness (QED) is 0.510. The minimum Gasteiger partial charge on any atom is -0.493 e. The van der Waals surface area contributed by atoms with E-state index in [2.05, 4.69) is 12.2 Å². The first-order valence-electron chi connectivity index (χ1n) is 10.2. The third kappa shape index (κ3) is 4.32. The van der Waals surface area contributed by atoms with Crippen molar-refractivity contribution in [2.75, 3.05) is 20.8 Å². The molecule has 6 heteroatoms. The maximum Gasteiger partial charge on any atom is 0.173 e. The van der Waals surface area contributed by atoms with Gasteiger partial charge in [-0.05, 0) is 49.2 Å². The van der Waals surface area contributed by atoms with Crippen molar-refractivity contribution in [3.05, 3.63) is 35.0 Å². The van der Waals surface area contributed by atoms with E-state index in [1.165, 1.54) is 19.3 Å². The molecule has 5 nitrogen and oxygen atoms in total.